The monoisotopic (exact) mass is 872 g/mol. The normalized spacial score (nSPS) is 12.6. The molecule has 0 radical (unpaired) electrons. The summed E-state index contributed by atoms with van der Waals surface area (Å²) in [6, 6.07) is 48.8. The van der Waals surface area contributed by atoms with E-state index >= 15 is 8.78 Å². The van der Waals surface area contributed by atoms with Crippen LogP contribution >= 0.6 is 0 Å². The molecular formula is C59H54F2N4O. The van der Waals surface area contributed by atoms with Crippen molar-refractivity contribution in [2.45, 2.75) is 73.1 Å². The maximum atomic E-state index is 15.4. The molecule has 0 saturated carbocycles. The molecule has 3 heterocycles. The lowest BCUT2D eigenvalue weighted by atomic mass is 9.87. The highest BCUT2D eigenvalue weighted by Crippen LogP contribution is 2.51. The van der Waals surface area contributed by atoms with Crippen LogP contribution in [0.25, 0.3) is 49.9 Å². The zero-order chi connectivity index (χ0) is 45.8. The zero-order valence-corrected chi connectivity index (χ0v) is 38.7. The van der Waals surface area contributed by atoms with Crippen LogP contribution in [-0.4, -0.2) is 16.2 Å². The van der Waals surface area contributed by atoms with Gasteiger partial charge in [-0.2, -0.15) is 0 Å². The second-order valence-electron chi connectivity index (χ2n) is 18.3. The molecule has 5 nitrogen and oxygen atoms in total. The minimum atomic E-state index is -0.567. The number of aryl methyl sites for hydroxylation is 3. The lowest BCUT2D eigenvalue weighted by Crippen LogP contribution is -2.26. The molecule has 0 unspecified atom stereocenters. The molecule has 0 spiro atoms. The van der Waals surface area contributed by atoms with Gasteiger partial charge in [0.05, 0.1) is 28.0 Å². The van der Waals surface area contributed by atoms with Crippen LogP contribution in [0.15, 0.2) is 152 Å². The minimum absolute atomic E-state index is 0.00510. The molecule has 7 aromatic carbocycles. The molecule has 9 aromatic rings. The summed E-state index contributed by atoms with van der Waals surface area (Å²) < 4.78 is 40.0. The number of hydrogen-bond donors (Lipinski definition) is 0. The minimum Gasteiger partial charge on any atom is -0.457 e. The van der Waals surface area contributed by atoms with E-state index in [2.05, 4.69) is 178 Å². The van der Waals surface area contributed by atoms with Gasteiger partial charge in [0.2, 0.25) is 0 Å². The first-order chi connectivity index (χ1) is 32.0. The third-order valence-corrected chi connectivity index (χ3v) is 13.0. The van der Waals surface area contributed by atoms with E-state index in [-0.39, 0.29) is 17.4 Å². The Morgan fingerprint density at radius 3 is 2.03 bits per heavy atom. The van der Waals surface area contributed by atoms with E-state index in [0.29, 0.717) is 18.0 Å². The van der Waals surface area contributed by atoms with Crippen molar-refractivity contribution in [2.24, 2.45) is 0 Å². The number of rotatable bonds is 11. The molecule has 7 heteroatoms. The quantitative estimate of drug-likeness (QED) is 0.130. The van der Waals surface area contributed by atoms with Crippen molar-refractivity contribution < 1.29 is 13.5 Å². The van der Waals surface area contributed by atoms with Crippen molar-refractivity contribution in [2.75, 3.05) is 16.5 Å². The lowest BCUT2D eigenvalue weighted by Gasteiger charge is -2.30. The highest BCUT2D eigenvalue weighted by atomic mass is 19.1. The molecule has 2 aromatic heterocycles. The van der Waals surface area contributed by atoms with Crippen molar-refractivity contribution in [1.29, 1.82) is 0 Å². The average molecular weight is 873 g/mol. The Morgan fingerprint density at radius 1 is 0.621 bits per heavy atom. The SMILES string of the molecule is CCCc1ccnc(-n2c3ccccc3c3ccc(Oc4cc(-c5ccc(C)cc5C)cc(N5CN(c6c(C(C)C)cc(-c7c(F)cccc7F)cc6C(C)C)c6ccccc65)c4)cc32)c1. The predicted octanol–water partition coefficient (Wildman–Crippen LogP) is 16.6. The first-order valence-electron chi connectivity index (χ1n) is 23.1. The van der Waals surface area contributed by atoms with E-state index in [0.717, 1.165) is 91.2 Å². The smallest absolute Gasteiger partial charge is 0.137 e. The fourth-order valence-corrected chi connectivity index (χ4v) is 9.93. The summed E-state index contributed by atoms with van der Waals surface area (Å²) in [7, 11) is 0. The van der Waals surface area contributed by atoms with E-state index in [1.807, 2.05) is 18.3 Å². The van der Waals surface area contributed by atoms with Crippen LogP contribution in [-0.2, 0) is 6.42 Å². The van der Waals surface area contributed by atoms with Gasteiger partial charge in [0.25, 0.3) is 0 Å². The van der Waals surface area contributed by atoms with E-state index in [9.17, 15) is 0 Å². The van der Waals surface area contributed by atoms with Gasteiger partial charge in [-0.1, -0.05) is 101 Å². The first kappa shape index (κ1) is 42.7. The summed E-state index contributed by atoms with van der Waals surface area (Å²) in [5.41, 5.74) is 14.7. The second kappa shape index (κ2) is 17.3. The maximum absolute atomic E-state index is 15.4. The van der Waals surface area contributed by atoms with Crippen LogP contribution in [0.3, 0.4) is 0 Å². The molecule has 0 N–H and O–H groups in total. The molecule has 0 fully saturated rings. The van der Waals surface area contributed by atoms with Crippen molar-refractivity contribution in [3.8, 4) is 39.6 Å². The summed E-state index contributed by atoms with van der Waals surface area (Å²) in [6.45, 7) is 15.6. The Morgan fingerprint density at radius 2 is 1.32 bits per heavy atom. The molecule has 0 atom stereocenters. The molecule has 0 amide bonds. The standard InChI is InChI=1S/C59H54F2N4O/c1-8-14-40-25-26-62-57(28-40)65-53-18-10-9-15-47(53)48-24-22-44(34-56(48)65)66-45-30-41(46-23-21-38(6)27-39(46)7)29-43(33-45)63-35-64(55-20-12-11-19-54(55)63)59-49(36(2)3)31-42(32-50(59)37(4)5)58-51(60)16-13-17-52(58)61/h9-13,15-34,36-37H,8,14,35H2,1-7H3. The molecule has 0 saturated heterocycles. The van der Waals surface area contributed by atoms with Gasteiger partial charge in [-0.15, -0.1) is 0 Å². The Hall–Kier alpha value is -7.25. The van der Waals surface area contributed by atoms with Gasteiger partial charge < -0.3 is 14.5 Å². The van der Waals surface area contributed by atoms with Gasteiger partial charge in [0.15, 0.2) is 0 Å². The van der Waals surface area contributed by atoms with Crippen molar-refractivity contribution >= 4 is 44.6 Å². The van der Waals surface area contributed by atoms with Crippen LogP contribution in [0.5, 0.6) is 11.5 Å². The third-order valence-electron chi connectivity index (χ3n) is 13.0. The third kappa shape index (κ3) is 7.66. The van der Waals surface area contributed by atoms with E-state index in [1.54, 1.807) is 0 Å². The number of halogens is 2. The summed E-state index contributed by atoms with van der Waals surface area (Å²) in [5, 5.41) is 2.29. The van der Waals surface area contributed by atoms with Crippen molar-refractivity contribution in [3.05, 3.63) is 191 Å². The van der Waals surface area contributed by atoms with Crippen molar-refractivity contribution in [3.63, 3.8) is 0 Å². The van der Waals surface area contributed by atoms with Crippen LogP contribution in [0.4, 0.5) is 31.5 Å². The van der Waals surface area contributed by atoms with Gasteiger partial charge in [-0.25, -0.2) is 13.8 Å². The topological polar surface area (TPSA) is 33.5 Å². The van der Waals surface area contributed by atoms with Gasteiger partial charge in [0.1, 0.15) is 35.6 Å². The Balaban J connectivity index is 1.11. The van der Waals surface area contributed by atoms with E-state index in [1.165, 1.54) is 34.9 Å². The molecule has 1 aliphatic rings. The summed E-state index contributed by atoms with van der Waals surface area (Å²) >= 11 is 0. The molecule has 66 heavy (non-hydrogen) atoms. The first-order valence-corrected chi connectivity index (χ1v) is 23.1. The van der Waals surface area contributed by atoms with Gasteiger partial charge in [0, 0.05) is 40.5 Å². The van der Waals surface area contributed by atoms with E-state index < -0.39 is 11.6 Å². The lowest BCUT2D eigenvalue weighted by molar-refractivity contribution is 0.483. The fraction of sp³-hybridized carbons (Fsp3) is 0.203. The Kier molecular flexibility index (Phi) is 11.2. The average Bonchev–Trinajstić information content (AvgIpc) is 3.85. The summed E-state index contributed by atoms with van der Waals surface area (Å²) in [5.74, 6) is 1.31. The van der Waals surface area contributed by atoms with Crippen LogP contribution in [0, 0.1) is 25.5 Å². The van der Waals surface area contributed by atoms with Crippen LogP contribution < -0.4 is 14.5 Å². The molecule has 1 aliphatic heterocycles. The number of para-hydroxylation sites is 3. The molecular weight excluding hydrogens is 819 g/mol. The zero-order valence-electron chi connectivity index (χ0n) is 38.7. The molecule has 10 rings (SSSR count). The highest BCUT2D eigenvalue weighted by molar-refractivity contribution is 6.09. The van der Waals surface area contributed by atoms with Gasteiger partial charge in [-0.3, -0.25) is 4.57 Å². The number of ether oxygens (including phenoxy) is 1. The molecule has 0 bridgehead atoms. The molecule has 0 aliphatic carbocycles. The summed E-state index contributed by atoms with van der Waals surface area (Å²) in [4.78, 5) is 9.61. The maximum Gasteiger partial charge on any atom is 0.137 e. The number of pyridine rings is 1. The number of anilines is 4. The van der Waals surface area contributed by atoms with Crippen LogP contribution in [0.1, 0.15) is 80.7 Å². The van der Waals surface area contributed by atoms with Crippen molar-refractivity contribution in [1.82, 2.24) is 9.55 Å². The van der Waals surface area contributed by atoms with Gasteiger partial charge in [-0.05, 0) is 150 Å². The number of benzene rings is 7. The summed E-state index contributed by atoms with van der Waals surface area (Å²) in [6.07, 6.45) is 3.96. The number of aromatic nitrogens is 2. The van der Waals surface area contributed by atoms with Crippen LogP contribution in [0.2, 0.25) is 0 Å². The number of hydrogen-bond acceptors (Lipinski definition) is 4. The highest BCUT2D eigenvalue weighted by Gasteiger charge is 2.33. The number of nitrogens with zero attached hydrogens (tertiary/aromatic N) is 4. The fourth-order valence-electron chi connectivity index (χ4n) is 9.93. The van der Waals surface area contributed by atoms with E-state index in [4.69, 9.17) is 9.72 Å². The predicted molar refractivity (Wildman–Crippen MR) is 270 cm³/mol. The Bertz CT molecular complexity index is 3260. The molecule has 330 valence electrons. The second-order valence-corrected chi connectivity index (χ2v) is 18.3. The Labute approximate surface area is 386 Å². The number of fused-ring (bicyclic) bond motifs is 4. The van der Waals surface area contributed by atoms with Gasteiger partial charge >= 0.3 is 0 Å². The largest absolute Gasteiger partial charge is 0.457 e.